The summed E-state index contributed by atoms with van der Waals surface area (Å²) < 4.78 is 18.1. The number of carbonyl (C=O) groups is 1. The first kappa shape index (κ1) is 24.0. The molecule has 0 bridgehead atoms. The topological polar surface area (TPSA) is 81.8 Å². The molecule has 0 radical (unpaired) electrons. The minimum Gasteiger partial charge on any atom is -0.478 e. The molecule has 6 nitrogen and oxygen atoms in total. The van der Waals surface area contributed by atoms with Crippen LogP contribution >= 0.6 is 0 Å². The van der Waals surface area contributed by atoms with Crippen LogP contribution in [-0.2, 0) is 22.7 Å². The Morgan fingerprint density at radius 2 is 1.94 bits per heavy atom. The fourth-order valence-corrected chi connectivity index (χ4v) is 4.01. The molecule has 32 heavy (non-hydrogen) atoms. The van der Waals surface area contributed by atoms with Gasteiger partial charge >= 0.3 is 5.97 Å². The second-order valence-electron chi connectivity index (χ2n) is 8.34. The molecule has 0 saturated heterocycles. The van der Waals surface area contributed by atoms with Crippen molar-refractivity contribution in [2.75, 3.05) is 0 Å². The first-order chi connectivity index (χ1) is 15.4. The van der Waals surface area contributed by atoms with Gasteiger partial charge in [0, 0.05) is 5.57 Å². The Balaban J connectivity index is 1.55. The van der Waals surface area contributed by atoms with Crippen molar-refractivity contribution in [3.63, 3.8) is 0 Å². The Morgan fingerprint density at radius 3 is 2.62 bits per heavy atom. The molecule has 0 aliphatic heterocycles. The molecule has 2 aromatic rings. The lowest BCUT2D eigenvalue weighted by molar-refractivity contribution is -0.0564. The zero-order valence-electron chi connectivity index (χ0n) is 19.4. The minimum absolute atomic E-state index is 0.0517. The molecular weight excluding hydrogens is 406 g/mol. The molecule has 1 fully saturated rings. The van der Waals surface area contributed by atoms with E-state index in [0.717, 1.165) is 48.3 Å². The summed E-state index contributed by atoms with van der Waals surface area (Å²) in [4.78, 5) is 16.2. The molecule has 3 rings (SSSR count). The number of carboxylic acids is 1. The van der Waals surface area contributed by atoms with Crippen LogP contribution in [0.3, 0.4) is 0 Å². The third-order valence-electron chi connectivity index (χ3n) is 5.85. The fourth-order valence-electron chi connectivity index (χ4n) is 4.01. The number of benzene rings is 1. The summed E-state index contributed by atoms with van der Waals surface area (Å²) in [6.45, 7) is 8.37. The summed E-state index contributed by atoms with van der Waals surface area (Å²) in [6, 6.07) is 5.51. The lowest BCUT2D eigenvalue weighted by Crippen LogP contribution is -2.28. The standard InChI is InChI=1S/C26H33NO5/c1-5-6-9-18(3)25-27-23(19(4)32-25)16-31-22-13-8-12-21(14-22)30-15-20-11-7-10-17(2)24(20)26(28)29/h5-7,9-11,21-22H,8,12-16H2,1-4H3,(H,28,29)/b6-5-,18-9+. The van der Waals surface area contributed by atoms with E-state index >= 15 is 0 Å². The average molecular weight is 440 g/mol. The highest BCUT2D eigenvalue weighted by Gasteiger charge is 2.25. The Kier molecular flexibility index (Phi) is 8.42. The highest BCUT2D eigenvalue weighted by atomic mass is 16.5. The highest BCUT2D eigenvalue weighted by Crippen LogP contribution is 2.27. The molecule has 1 heterocycles. The van der Waals surface area contributed by atoms with Gasteiger partial charge in [-0.05, 0) is 64.5 Å². The van der Waals surface area contributed by atoms with Gasteiger partial charge in [0.15, 0.2) is 0 Å². The number of aromatic nitrogens is 1. The number of allylic oxidation sites excluding steroid dienone is 4. The fraction of sp³-hybridized carbons (Fsp3) is 0.462. The molecule has 172 valence electrons. The van der Waals surface area contributed by atoms with E-state index in [2.05, 4.69) is 4.98 Å². The number of carboxylic acid groups (broad SMARTS) is 1. The second kappa shape index (κ2) is 11.2. The van der Waals surface area contributed by atoms with Crippen LogP contribution in [0, 0.1) is 13.8 Å². The zero-order valence-corrected chi connectivity index (χ0v) is 19.4. The van der Waals surface area contributed by atoms with Gasteiger partial charge in [0.2, 0.25) is 5.89 Å². The third-order valence-corrected chi connectivity index (χ3v) is 5.85. The molecule has 1 aromatic carbocycles. The van der Waals surface area contributed by atoms with Crippen molar-refractivity contribution in [1.29, 1.82) is 0 Å². The molecule has 2 unspecified atom stereocenters. The third kappa shape index (κ3) is 6.17. The lowest BCUT2D eigenvalue weighted by atomic mass is 9.94. The molecule has 6 heteroatoms. The maximum Gasteiger partial charge on any atom is 0.336 e. The predicted molar refractivity (Wildman–Crippen MR) is 123 cm³/mol. The highest BCUT2D eigenvalue weighted by molar-refractivity contribution is 5.91. The Hall–Kier alpha value is -2.70. The van der Waals surface area contributed by atoms with Gasteiger partial charge < -0.3 is 19.0 Å². The summed E-state index contributed by atoms with van der Waals surface area (Å²) in [5, 5.41) is 9.51. The van der Waals surface area contributed by atoms with E-state index in [1.165, 1.54) is 0 Å². The van der Waals surface area contributed by atoms with Crippen LogP contribution in [0.1, 0.15) is 78.4 Å². The Morgan fingerprint density at radius 1 is 1.22 bits per heavy atom. The van der Waals surface area contributed by atoms with Crippen LogP contribution in [0.2, 0.25) is 0 Å². The number of oxazole rings is 1. The number of rotatable bonds is 9. The monoisotopic (exact) mass is 439 g/mol. The molecule has 1 saturated carbocycles. The van der Waals surface area contributed by atoms with Crippen molar-refractivity contribution in [3.05, 3.63) is 70.5 Å². The van der Waals surface area contributed by atoms with Crippen LogP contribution in [0.4, 0.5) is 0 Å². The van der Waals surface area contributed by atoms with E-state index in [-0.39, 0.29) is 12.2 Å². The summed E-state index contributed by atoms with van der Waals surface area (Å²) >= 11 is 0. The molecule has 0 amide bonds. The Bertz CT molecular complexity index is 988. The maximum atomic E-state index is 11.6. The van der Waals surface area contributed by atoms with Gasteiger partial charge in [-0.2, -0.15) is 0 Å². The molecule has 1 aromatic heterocycles. The molecule has 2 atom stereocenters. The van der Waals surface area contributed by atoms with E-state index < -0.39 is 5.97 Å². The van der Waals surface area contributed by atoms with E-state index in [4.69, 9.17) is 13.9 Å². The van der Waals surface area contributed by atoms with Crippen molar-refractivity contribution in [2.45, 2.75) is 78.8 Å². The van der Waals surface area contributed by atoms with Crippen LogP contribution < -0.4 is 0 Å². The number of nitrogens with zero attached hydrogens (tertiary/aromatic N) is 1. The number of hydrogen-bond acceptors (Lipinski definition) is 5. The normalized spacial score (nSPS) is 19.6. The number of aromatic carboxylic acids is 1. The summed E-state index contributed by atoms with van der Waals surface area (Å²) in [5.41, 5.74) is 3.60. The van der Waals surface area contributed by atoms with Gasteiger partial charge in [-0.25, -0.2) is 9.78 Å². The zero-order chi connectivity index (χ0) is 23.1. The maximum absolute atomic E-state index is 11.6. The summed E-state index contributed by atoms with van der Waals surface area (Å²) in [6.07, 6.45) is 9.78. The lowest BCUT2D eigenvalue weighted by Gasteiger charge is -2.29. The molecule has 1 aliphatic rings. The van der Waals surface area contributed by atoms with Crippen LogP contribution in [-0.4, -0.2) is 28.3 Å². The van der Waals surface area contributed by atoms with Crippen molar-refractivity contribution < 1.29 is 23.8 Å². The molecular formula is C26H33NO5. The molecule has 1 N–H and O–H groups in total. The van der Waals surface area contributed by atoms with Crippen LogP contribution in [0.5, 0.6) is 0 Å². The van der Waals surface area contributed by atoms with E-state index in [1.807, 2.05) is 64.1 Å². The summed E-state index contributed by atoms with van der Waals surface area (Å²) in [5.74, 6) is 0.485. The number of ether oxygens (including phenoxy) is 2. The Labute approximate surface area is 190 Å². The van der Waals surface area contributed by atoms with Gasteiger partial charge in [-0.15, -0.1) is 0 Å². The quantitative estimate of drug-likeness (QED) is 0.482. The number of aryl methyl sites for hydroxylation is 2. The van der Waals surface area contributed by atoms with Gasteiger partial charge in [0.05, 0.1) is 31.0 Å². The molecule has 1 aliphatic carbocycles. The first-order valence-electron chi connectivity index (χ1n) is 11.2. The van der Waals surface area contributed by atoms with Gasteiger partial charge in [-0.1, -0.05) is 36.4 Å². The van der Waals surface area contributed by atoms with Crippen LogP contribution in [0.15, 0.2) is 40.8 Å². The largest absolute Gasteiger partial charge is 0.478 e. The van der Waals surface area contributed by atoms with Gasteiger partial charge in [-0.3, -0.25) is 0 Å². The van der Waals surface area contributed by atoms with Gasteiger partial charge in [0.1, 0.15) is 11.5 Å². The SMILES string of the molecule is C/C=C\C=C(/C)c1nc(COC2CCCC(OCc3cccc(C)c3C(=O)O)C2)c(C)o1. The van der Waals surface area contributed by atoms with Crippen molar-refractivity contribution in [2.24, 2.45) is 0 Å². The van der Waals surface area contributed by atoms with Crippen molar-refractivity contribution in [1.82, 2.24) is 4.98 Å². The van der Waals surface area contributed by atoms with E-state index in [9.17, 15) is 9.90 Å². The smallest absolute Gasteiger partial charge is 0.336 e. The first-order valence-corrected chi connectivity index (χ1v) is 11.2. The van der Waals surface area contributed by atoms with Crippen molar-refractivity contribution >= 4 is 11.5 Å². The average Bonchev–Trinajstić information content (AvgIpc) is 3.15. The second-order valence-corrected chi connectivity index (χ2v) is 8.34. The van der Waals surface area contributed by atoms with Crippen LogP contribution in [0.25, 0.3) is 5.57 Å². The van der Waals surface area contributed by atoms with Crippen molar-refractivity contribution in [3.8, 4) is 0 Å². The predicted octanol–water partition coefficient (Wildman–Crippen LogP) is 6.01. The van der Waals surface area contributed by atoms with E-state index in [0.29, 0.717) is 30.2 Å². The minimum atomic E-state index is -0.912. The summed E-state index contributed by atoms with van der Waals surface area (Å²) in [7, 11) is 0. The van der Waals surface area contributed by atoms with E-state index in [1.54, 1.807) is 0 Å². The number of hydrogen-bond donors (Lipinski definition) is 1. The van der Waals surface area contributed by atoms with Gasteiger partial charge in [0.25, 0.3) is 0 Å². The molecule has 0 spiro atoms.